The number of aliphatic hydroxyl groups excluding tert-OH is 1. The third-order valence-electron chi connectivity index (χ3n) is 4.23. The summed E-state index contributed by atoms with van der Waals surface area (Å²) in [5, 5.41) is 19.7. The first-order valence-electron chi connectivity index (χ1n) is 7.26. The number of carboxylic acids is 1. The van der Waals surface area contributed by atoms with Crippen LogP contribution in [0.5, 0.6) is 0 Å². The Bertz CT molecular complexity index is 448. The molecule has 4 heteroatoms. The second-order valence-electron chi connectivity index (χ2n) is 5.75. The molecule has 1 aromatic carbocycles. The van der Waals surface area contributed by atoms with Crippen molar-refractivity contribution in [3.05, 3.63) is 35.9 Å². The van der Waals surface area contributed by atoms with Crippen molar-refractivity contribution in [2.75, 3.05) is 19.6 Å². The fraction of sp³-hybridized carbons (Fsp3) is 0.562. The predicted molar refractivity (Wildman–Crippen MR) is 77.4 cm³/mol. The van der Waals surface area contributed by atoms with Crippen molar-refractivity contribution >= 4 is 5.97 Å². The van der Waals surface area contributed by atoms with E-state index in [-0.39, 0.29) is 0 Å². The number of hydrogen-bond donors (Lipinski definition) is 2. The molecule has 1 saturated heterocycles. The molecular weight excluding hydrogens is 254 g/mol. The molecule has 0 spiro atoms. The Hall–Kier alpha value is -1.39. The molecule has 2 N–H and O–H groups in total. The lowest BCUT2D eigenvalue weighted by molar-refractivity contribution is -0.148. The van der Waals surface area contributed by atoms with Gasteiger partial charge in [0.1, 0.15) is 0 Å². The zero-order valence-electron chi connectivity index (χ0n) is 12.0. The monoisotopic (exact) mass is 277 g/mol. The summed E-state index contributed by atoms with van der Waals surface area (Å²) < 4.78 is 0. The van der Waals surface area contributed by atoms with Gasteiger partial charge in [-0.3, -0.25) is 9.69 Å². The molecule has 0 saturated carbocycles. The van der Waals surface area contributed by atoms with E-state index in [2.05, 4.69) is 4.90 Å². The van der Waals surface area contributed by atoms with E-state index in [0.29, 0.717) is 25.9 Å². The van der Waals surface area contributed by atoms with Gasteiger partial charge in [0.2, 0.25) is 0 Å². The first-order chi connectivity index (χ1) is 9.57. The topological polar surface area (TPSA) is 60.8 Å². The Kier molecular flexibility index (Phi) is 4.78. The second kappa shape index (κ2) is 6.37. The van der Waals surface area contributed by atoms with Crippen molar-refractivity contribution in [1.82, 2.24) is 4.90 Å². The van der Waals surface area contributed by atoms with Crippen molar-refractivity contribution in [3.8, 4) is 0 Å². The van der Waals surface area contributed by atoms with Gasteiger partial charge in [-0.05, 0) is 24.9 Å². The summed E-state index contributed by atoms with van der Waals surface area (Å²) in [6.07, 6.45) is 1.71. The van der Waals surface area contributed by atoms with Gasteiger partial charge < -0.3 is 10.2 Å². The minimum Gasteiger partial charge on any atom is -0.481 e. The van der Waals surface area contributed by atoms with Crippen LogP contribution in [0.4, 0.5) is 0 Å². The molecule has 1 fully saturated rings. The van der Waals surface area contributed by atoms with Gasteiger partial charge in [0.25, 0.3) is 0 Å². The molecule has 1 aliphatic rings. The van der Waals surface area contributed by atoms with Crippen molar-refractivity contribution in [3.63, 3.8) is 0 Å². The Morgan fingerprint density at radius 1 is 1.40 bits per heavy atom. The third kappa shape index (κ3) is 3.19. The summed E-state index contributed by atoms with van der Waals surface area (Å²) in [4.78, 5) is 13.6. The molecular formula is C16H23NO3. The summed E-state index contributed by atoms with van der Waals surface area (Å²) in [5.74, 6) is -0.698. The molecule has 1 aliphatic heterocycles. The van der Waals surface area contributed by atoms with E-state index in [4.69, 9.17) is 0 Å². The summed E-state index contributed by atoms with van der Waals surface area (Å²) in [6.45, 7) is 3.81. The van der Waals surface area contributed by atoms with Crippen LogP contribution in [0.15, 0.2) is 30.3 Å². The molecule has 20 heavy (non-hydrogen) atoms. The predicted octanol–water partition coefficient (Wildman–Crippen LogP) is 2.30. The molecule has 110 valence electrons. The molecule has 1 heterocycles. The SMILES string of the molecule is CCCC1(C(=O)O)CCN(CC(O)c2ccccc2)C1. The van der Waals surface area contributed by atoms with Crippen molar-refractivity contribution in [2.45, 2.75) is 32.3 Å². The van der Waals surface area contributed by atoms with Gasteiger partial charge in [-0.15, -0.1) is 0 Å². The Labute approximate surface area is 120 Å². The number of aliphatic carboxylic acids is 1. The highest BCUT2D eigenvalue weighted by atomic mass is 16.4. The Morgan fingerprint density at radius 3 is 2.70 bits per heavy atom. The second-order valence-corrected chi connectivity index (χ2v) is 5.75. The largest absolute Gasteiger partial charge is 0.481 e. The lowest BCUT2D eigenvalue weighted by Crippen LogP contribution is -2.35. The average molecular weight is 277 g/mol. The highest BCUT2D eigenvalue weighted by molar-refractivity contribution is 5.75. The van der Waals surface area contributed by atoms with Gasteiger partial charge in [-0.25, -0.2) is 0 Å². The number of aliphatic hydroxyl groups is 1. The normalized spacial score (nSPS) is 24.7. The van der Waals surface area contributed by atoms with Crippen LogP contribution in [0.3, 0.4) is 0 Å². The number of likely N-dealkylation sites (tertiary alicyclic amines) is 1. The zero-order valence-corrected chi connectivity index (χ0v) is 12.0. The maximum atomic E-state index is 11.5. The van der Waals surface area contributed by atoms with Crippen molar-refractivity contribution in [2.24, 2.45) is 5.41 Å². The lowest BCUT2D eigenvalue weighted by atomic mass is 9.83. The van der Waals surface area contributed by atoms with Gasteiger partial charge in [-0.2, -0.15) is 0 Å². The van der Waals surface area contributed by atoms with Gasteiger partial charge in [-0.1, -0.05) is 43.7 Å². The van der Waals surface area contributed by atoms with Crippen LogP contribution >= 0.6 is 0 Å². The Morgan fingerprint density at radius 2 is 2.10 bits per heavy atom. The smallest absolute Gasteiger partial charge is 0.310 e. The number of nitrogens with zero attached hydrogens (tertiary/aromatic N) is 1. The van der Waals surface area contributed by atoms with E-state index < -0.39 is 17.5 Å². The average Bonchev–Trinajstić information content (AvgIpc) is 2.84. The first-order valence-corrected chi connectivity index (χ1v) is 7.26. The van der Waals surface area contributed by atoms with Crippen LogP contribution in [0.25, 0.3) is 0 Å². The maximum Gasteiger partial charge on any atom is 0.310 e. The van der Waals surface area contributed by atoms with Gasteiger partial charge in [0.15, 0.2) is 0 Å². The van der Waals surface area contributed by atoms with E-state index in [1.165, 1.54) is 0 Å². The zero-order chi connectivity index (χ0) is 14.6. The first kappa shape index (κ1) is 15.0. The quantitative estimate of drug-likeness (QED) is 0.837. The standard InChI is InChI=1S/C16H23NO3/c1-2-8-16(15(19)20)9-10-17(12-16)11-14(18)13-6-4-3-5-7-13/h3-7,14,18H,2,8-12H2,1H3,(H,19,20). The fourth-order valence-corrected chi connectivity index (χ4v) is 3.10. The van der Waals surface area contributed by atoms with Crippen LogP contribution in [0, 0.1) is 5.41 Å². The van der Waals surface area contributed by atoms with Gasteiger partial charge >= 0.3 is 5.97 Å². The number of β-amino-alcohol motifs (C(OH)–C–C–N with tert-alkyl or cyclic N) is 1. The van der Waals surface area contributed by atoms with Crippen LogP contribution < -0.4 is 0 Å². The highest BCUT2D eigenvalue weighted by Gasteiger charge is 2.44. The van der Waals surface area contributed by atoms with Crippen molar-refractivity contribution in [1.29, 1.82) is 0 Å². The van der Waals surface area contributed by atoms with Gasteiger partial charge in [0, 0.05) is 13.1 Å². The van der Waals surface area contributed by atoms with E-state index in [1.807, 2.05) is 37.3 Å². The molecule has 0 aromatic heterocycles. The minimum atomic E-state index is -0.698. The fourth-order valence-electron chi connectivity index (χ4n) is 3.10. The number of carboxylic acid groups (broad SMARTS) is 1. The number of benzene rings is 1. The molecule has 2 rings (SSSR count). The number of hydrogen-bond acceptors (Lipinski definition) is 3. The lowest BCUT2D eigenvalue weighted by Gasteiger charge is -2.25. The van der Waals surface area contributed by atoms with Crippen LogP contribution in [0.1, 0.15) is 37.9 Å². The van der Waals surface area contributed by atoms with Gasteiger partial charge in [0.05, 0.1) is 11.5 Å². The molecule has 4 nitrogen and oxygen atoms in total. The Balaban J connectivity index is 1.97. The summed E-state index contributed by atoms with van der Waals surface area (Å²) in [6, 6.07) is 9.53. The molecule has 0 bridgehead atoms. The third-order valence-corrected chi connectivity index (χ3v) is 4.23. The van der Waals surface area contributed by atoms with E-state index in [0.717, 1.165) is 18.5 Å². The summed E-state index contributed by atoms with van der Waals surface area (Å²) >= 11 is 0. The van der Waals surface area contributed by atoms with Crippen LogP contribution in [-0.2, 0) is 4.79 Å². The molecule has 2 unspecified atom stereocenters. The maximum absolute atomic E-state index is 11.5. The summed E-state index contributed by atoms with van der Waals surface area (Å²) in [7, 11) is 0. The molecule has 0 radical (unpaired) electrons. The molecule has 0 aliphatic carbocycles. The number of rotatable bonds is 6. The van der Waals surface area contributed by atoms with E-state index in [9.17, 15) is 15.0 Å². The van der Waals surface area contributed by atoms with Crippen LogP contribution in [0.2, 0.25) is 0 Å². The molecule has 2 atom stereocenters. The minimum absolute atomic E-state index is 0.503. The summed E-state index contributed by atoms with van der Waals surface area (Å²) in [5.41, 5.74) is 0.265. The molecule has 1 aromatic rings. The van der Waals surface area contributed by atoms with E-state index in [1.54, 1.807) is 0 Å². The number of carbonyl (C=O) groups is 1. The highest BCUT2D eigenvalue weighted by Crippen LogP contribution is 2.36. The molecule has 0 amide bonds. The van der Waals surface area contributed by atoms with Crippen LogP contribution in [-0.4, -0.2) is 40.7 Å². The van der Waals surface area contributed by atoms with Crippen molar-refractivity contribution < 1.29 is 15.0 Å². The van der Waals surface area contributed by atoms with E-state index >= 15 is 0 Å².